The summed E-state index contributed by atoms with van der Waals surface area (Å²) in [7, 11) is 0. The predicted octanol–water partition coefficient (Wildman–Crippen LogP) is 4.35. The number of carbonyl (C=O) groups is 2. The molecule has 0 spiro atoms. The average molecular weight is 455 g/mol. The number of ether oxygens (including phenoxy) is 1. The number of amides is 2. The first-order chi connectivity index (χ1) is 13.9. The Bertz CT molecular complexity index is 848. The number of hydrogen-bond donors (Lipinski definition) is 2. The Balaban J connectivity index is 1.91. The highest BCUT2D eigenvalue weighted by Crippen LogP contribution is 2.21. The molecular formula is C21H24Cl2N2O3S. The Hall–Kier alpha value is -1.89. The number of benzene rings is 2. The van der Waals surface area contributed by atoms with E-state index >= 15 is 0 Å². The van der Waals surface area contributed by atoms with E-state index < -0.39 is 11.9 Å². The molecule has 0 aliphatic rings. The Kier molecular flexibility index (Phi) is 9.64. The fraction of sp³-hybridized carbons (Fsp3) is 0.333. The van der Waals surface area contributed by atoms with E-state index in [1.165, 1.54) is 6.07 Å². The van der Waals surface area contributed by atoms with Crippen LogP contribution in [0.1, 0.15) is 22.3 Å². The lowest BCUT2D eigenvalue weighted by molar-refractivity contribution is -0.123. The first kappa shape index (κ1) is 23.4. The fourth-order valence-corrected chi connectivity index (χ4v) is 3.56. The summed E-state index contributed by atoms with van der Waals surface area (Å²) in [6.45, 7) is 2.63. The van der Waals surface area contributed by atoms with Crippen LogP contribution < -0.4 is 15.4 Å². The number of nitrogens with one attached hydrogen (secondary N) is 2. The molecule has 0 fully saturated rings. The third-order valence-corrected chi connectivity index (χ3v) is 5.35. The van der Waals surface area contributed by atoms with Gasteiger partial charge < -0.3 is 15.4 Å². The number of rotatable bonds is 10. The van der Waals surface area contributed by atoms with Gasteiger partial charge in [-0.1, -0.05) is 41.4 Å². The van der Waals surface area contributed by atoms with Gasteiger partial charge in [-0.15, -0.1) is 0 Å². The molecule has 0 saturated heterocycles. The van der Waals surface area contributed by atoms with E-state index in [0.717, 1.165) is 17.1 Å². The molecular weight excluding hydrogens is 431 g/mol. The van der Waals surface area contributed by atoms with E-state index in [0.29, 0.717) is 24.6 Å². The van der Waals surface area contributed by atoms with Crippen LogP contribution >= 0.6 is 35.0 Å². The van der Waals surface area contributed by atoms with Crippen molar-refractivity contribution in [1.82, 2.24) is 10.6 Å². The minimum absolute atomic E-state index is 0.241. The number of aryl methyl sites for hydroxylation is 1. The molecule has 2 amide bonds. The molecule has 0 aliphatic heterocycles. The molecule has 0 saturated carbocycles. The third kappa shape index (κ3) is 7.46. The first-order valence-corrected chi connectivity index (χ1v) is 11.3. The summed E-state index contributed by atoms with van der Waals surface area (Å²) in [6.07, 6.45) is 2.45. The smallest absolute Gasteiger partial charge is 0.253 e. The summed E-state index contributed by atoms with van der Waals surface area (Å²) in [5.41, 5.74) is 1.31. The van der Waals surface area contributed by atoms with Crippen molar-refractivity contribution in [2.45, 2.75) is 19.4 Å². The van der Waals surface area contributed by atoms with Crippen molar-refractivity contribution in [3.05, 3.63) is 63.6 Å². The highest BCUT2D eigenvalue weighted by Gasteiger charge is 2.22. The number of hydrogen-bond acceptors (Lipinski definition) is 4. The molecule has 0 radical (unpaired) electrons. The lowest BCUT2D eigenvalue weighted by Gasteiger charge is -2.19. The van der Waals surface area contributed by atoms with Gasteiger partial charge in [-0.3, -0.25) is 9.59 Å². The van der Waals surface area contributed by atoms with Crippen LogP contribution in [0.4, 0.5) is 0 Å². The minimum atomic E-state index is -0.667. The van der Waals surface area contributed by atoms with Crippen molar-refractivity contribution in [3.8, 4) is 5.75 Å². The molecule has 2 rings (SSSR count). The molecule has 0 aliphatic carbocycles. The molecule has 0 heterocycles. The van der Waals surface area contributed by atoms with E-state index in [1.54, 1.807) is 23.9 Å². The van der Waals surface area contributed by atoms with E-state index in [1.807, 2.05) is 37.4 Å². The Labute approximate surface area is 185 Å². The molecule has 0 aromatic heterocycles. The van der Waals surface area contributed by atoms with Crippen molar-refractivity contribution in [1.29, 1.82) is 0 Å². The zero-order chi connectivity index (χ0) is 21.2. The largest absolute Gasteiger partial charge is 0.491 e. The van der Waals surface area contributed by atoms with Crippen molar-refractivity contribution < 1.29 is 14.3 Å². The van der Waals surface area contributed by atoms with Gasteiger partial charge in [-0.25, -0.2) is 0 Å². The highest BCUT2D eigenvalue weighted by molar-refractivity contribution is 7.98. The van der Waals surface area contributed by atoms with Crippen molar-refractivity contribution >= 4 is 46.8 Å². The molecule has 5 nitrogen and oxygen atoms in total. The van der Waals surface area contributed by atoms with Crippen LogP contribution in [-0.2, 0) is 4.79 Å². The standard InChI is InChI=1S/C21H24Cl2N2O3S/c1-14-5-3-4-6-19(14)28-11-10-24-21(27)18(9-12-29-2)25-20(26)16-8-7-15(22)13-17(16)23/h3-8,13,18H,9-12H2,1-2H3,(H,24,27)(H,25,26). The molecule has 2 aromatic carbocycles. The molecule has 29 heavy (non-hydrogen) atoms. The second-order valence-corrected chi connectivity index (χ2v) is 8.17. The molecule has 2 N–H and O–H groups in total. The lowest BCUT2D eigenvalue weighted by Crippen LogP contribution is -2.48. The van der Waals surface area contributed by atoms with Crippen LogP contribution in [0.15, 0.2) is 42.5 Å². The molecule has 2 aromatic rings. The maximum Gasteiger partial charge on any atom is 0.253 e. The fourth-order valence-electron chi connectivity index (χ4n) is 2.59. The van der Waals surface area contributed by atoms with Gasteiger partial charge in [0.1, 0.15) is 18.4 Å². The maximum atomic E-state index is 12.6. The van der Waals surface area contributed by atoms with Gasteiger partial charge in [0.15, 0.2) is 0 Å². The van der Waals surface area contributed by atoms with Crippen molar-refractivity contribution in [3.63, 3.8) is 0 Å². The summed E-state index contributed by atoms with van der Waals surface area (Å²) in [5.74, 6) is 0.841. The minimum Gasteiger partial charge on any atom is -0.491 e. The SMILES string of the molecule is CSCCC(NC(=O)c1ccc(Cl)cc1Cl)C(=O)NCCOc1ccccc1C. The molecule has 1 unspecified atom stereocenters. The van der Waals surface area contributed by atoms with Gasteiger partial charge in [0, 0.05) is 5.02 Å². The predicted molar refractivity (Wildman–Crippen MR) is 120 cm³/mol. The Morgan fingerprint density at radius 3 is 2.62 bits per heavy atom. The van der Waals surface area contributed by atoms with Gasteiger partial charge in [-0.05, 0) is 55.2 Å². The van der Waals surface area contributed by atoms with E-state index in [2.05, 4.69) is 10.6 Å². The number of para-hydroxylation sites is 1. The monoisotopic (exact) mass is 454 g/mol. The van der Waals surface area contributed by atoms with E-state index in [4.69, 9.17) is 27.9 Å². The highest BCUT2D eigenvalue weighted by atomic mass is 35.5. The van der Waals surface area contributed by atoms with Crippen LogP contribution in [0.2, 0.25) is 10.0 Å². The molecule has 8 heteroatoms. The molecule has 1 atom stereocenters. The second kappa shape index (κ2) is 12.0. The van der Waals surface area contributed by atoms with Gasteiger partial charge in [0.05, 0.1) is 17.1 Å². The van der Waals surface area contributed by atoms with Gasteiger partial charge in [-0.2, -0.15) is 11.8 Å². The summed E-state index contributed by atoms with van der Waals surface area (Å²) in [4.78, 5) is 25.1. The normalized spacial score (nSPS) is 11.6. The zero-order valence-electron chi connectivity index (χ0n) is 16.3. The Morgan fingerprint density at radius 1 is 1.17 bits per heavy atom. The van der Waals surface area contributed by atoms with Crippen LogP contribution in [0.5, 0.6) is 5.75 Å². The number of halogens is 2. The van der Waals surface area contributed by atoms with Crippen LogP contribution in [-0.4, -0.2) is 43.0 Å². The average Bonchev–Trinajstić information content (AvgIpc) is 2.69. The first-order valence-electron chi connectivity index (χ1n) is 9.13. The number of carbonyl (C=O) groups excluding carboxylic acids is 2. The van der Waals surface area contributed by atoms with Gasteiger partial charge in [0.25, 0.3) is 5.91 Å². The van der Waals surface area contributed by atoms with Crippen LogP contribution in [0.3, 0.4) is 0 Å². The number of thioether (sulfide) groups is 1. The summed E-state index contributed by atoms with van der Waals surface area (Å²) < 4.78 is 5.69. The molecule has 156 valence electrons. The third-order valence-electron chi connectivity index (χ3n) is 4.16. The van der Waals surface area contributed by atoms with Gasteiger partial charge in [0.2, 0.25) is 5.91 Å². The maximum absolute atomic E-state index is 12.6. The van der Waals surface area contributed by atoms with Gasteiger partial charge >= 0.3 is 0 Å². The summed E-state index contributed by atoms with van der Waals surface area (Å²) in [6, 6.07) is 11.6. The van der Waals surface area contributed by atoms with E-state index in [-0.39, 0.29) is 16.5 Å². The second-order valence-electron chi connectivity index (χ2n) is 6.34. The Morgan fingerprint density at radius 2 is 1.93 bits per heavy atom. The topological polar surface area (TPSA) is 67.4 Å². The van der Waals surface area contributed by atoms with Crippen LogP contribution in [0.25, 0.3) is 0 Å². The van der Waals surface area contributed by atoms with Crippen LogP contribution in [0, 0.1) is 6.92 Å². The molecule has 0 bridgehead atoms. The lowest BCUT2D eigenvalue weighted by atomic mass is 10.1. The van der Waals surface area contributed by atoms with Crippen molar-refractivity contribution in [2.24, 2.45) is 0 Å². The quantitative estimate of drug-likeness (QED) is 0.523. The summed E-state index contributed by atoms with van der Waals surface area (Å²) in [5, 5.41) is 6.27. The zero-order valence-corrected chi connectivity index (χ0v) is 18.7. The van der Waals surface area contributed by atoms with Crippen molar-refractivity contribution in [2.75, 3.05) is 25.2 Å². The summed E-state index contributed by atoms with van der Waals surface area (Å²) >= 11 is 13.6. The van der Waals surface area contributed by atoms with E-state index in [9.17, 15) is 9.59 Å².